The van der Waals surface area contributed by atoms with Gasteiger partial charge in [0.15, 0.2) is 0 Å². The van der Waals surface area contributed by atoms with Gasteiger partial charge in [-0.25, -0.2) is 0 Å². The Morgan fingerprint density at radius 3 is 2.48 bits per heavy atom. The van der Waals surface area contributed by atoms with Gasteiger partial charge in [0.05, 0.1) is 5.69 Å². The number of nitrogens with two attached hydrogens (primary N) is 1. The second kappa shape index (κ2) is 5.66. The topological polar surface area (TPSA) is 49.6 Å². The molecule has 0 saturated carbocycles. The SMILES string of the molecule is CC(C)N1CCN(C(=O)c2sc3ccccc3c2N)CC1. The summed E-state index contributed by atoms with van der Waals surface area (Å²) < 4.78 is 1.08. The summed E-state index contributed by atoms with van der Waals surface area (Å²) in [6, 6.07) is 8.48. The summed E-state index contributed by atoms with van der Waals surface area (Å²) in [6.07, 6.45) is 0. The van der Waals surface area contributed by atoms with Gasteiger partial charge in [-0.1, -0.05) is 18.2 Å². The average molecular weight is 303 g/mol. The Morgan fingerprint density at radius 1 is 1.19 bits per heavy atom. The van der Waals surface area contributed by atoms with E-state index in [0.717, 1.165) is 36.3 Å². The summed E-state index contributed by atoms with van der Waals surface area (Å²) >= 11 is 1.50. The van der Waals surface area contributed by atoms with Crippen molar-refractivity contribution < 1.29 is 4.79 Å². The van der Waals surface area contributed by atoms with Crippen LogP contribution in [0, 0.1) is 0 Å². The van der Waals surface area contributed by atoms with Gasteiger partial charge in [-0.15, -0.1) is 11.3 Å². The number of carbonyl (C=O) groups is 1. The lowest BCUT2D eigenvalue weighted by Crippen LogP contribution is -2.50. The minimum absolute atomic E-state index is 0.0807. The molecule has 2 aromatic rings. The number of nitrogen functional groups attached to an aromatic ring is 1. The van der Waals surface area contributed by atoms with Gasteiger partial charge in [-0.05, 0) is 19.9 Å². The Bertz CT molecular complexity index is 657. The van der Waals surface area contributed by atoms with Crippen LogP contribution in [-0.2, 0) is 0 Å². The lowest BCUT2D eigenvalue weighted by atomic mass is 10.2. The van der Waals surface area contributed by atoms with Crippen molar-refractivity contribution in [1.82, 2.24) is 9.80 Å². The van der Waals surface area contributed by atoms with Crippen LogP contribution in [0.2, 0.25) is 0 Å². The third-order valence-electron chi connectivity index (χ3n) is 4.16. The van der Waals surface area contributed by atoms with Crippen LogP contribution in [0.4, 0.5) is 5.69 Å². The van der Waals surface area contributed by atoms with Crippen molar-refractivity contribution in [2.45, 2.75) is 19.9 Å². The van der Waals surface area contributed by atoms with E-state index >= 15 is 0 Å². The number of rotatable bonds is 2. The summed E-state index contributed by atoms with van der Waals surface area (Å²) in [7, 11) is 0. The Balaban J connectivity index is 1.80. The molecule has 2 heterocycles. The number of benzene rings is 1. The molecule has 21 heavy (non-hydrogen) atoms. The van der Waals surface area contributed by atoms with Crippen molar-refractivity contribution in [1.29, 1.82) is 0 Å². The van der Waals surface area contributed by atoms with Crippen LogP contribution in [0.3, 0.4) is 0 Å². The van der Waals surface area contributed by atoms with E-state index in [1.54, 1.807) is 0 Å². The molecule has 0 bridgehead atoms. The van der Waals surface area contributed by atoms with E-state index in [-0.39, 0.29) is 5.91 Å². The first-order chi connectivity index (χ1) is 10.1. The van der Waals surface area contributed by atoms with Gasteiger partial charge < -0.3 is 10.6 Å². The standard InChI is InChI=1S/C16H21N3OS/c1-11(2)18-7-9-19(10-8-18)16(20)15-14(17)12-5-3-4-6-13(12)21-15/h3-6,11H,7-10,17H2,1-2H3. The second-order valence-electron chi connectivity index (χ2n) is 5.76. The predicted octanol–water partition coefficient (Wildman–Crippen LogP) is 2.65. The highest BCUT2D eigenvalue weighted by Crippen LogP contribution is 2.34. The molecule has 0 spiro atoms. The minimum Gasteiger partial charge on any atom is -0.397 e. The van der Waals surface area contributed by atoms with Crippen LogP contribution < -0.4 is 5.73 Å². The van der Waals surface area contributed by atoms with Crippen LogP contribution >= 0.6 is 11.3 Å². The van der Waals surface area contributed by atoms with Crippen LogP contribution in [0.25, 0.3) is 10.1 Å². The van der Waals surface area contributed by atoms with Crippen molar-refractivity contribution in [3.63, 3.8) is 0 Å². The van der Waals surface area contributed by atoms with Crippen LogP contribution in [0.5, 0.6) is 0 Å². The van der Waals surface area contributed by atoms with Crippen molar-refractivity contribution in [3.8, 4) is 0 Å². The van der Waals surface area contributed by atoms with Crippen molar-refractivity contribution in [2.24, 2.45) is 0 Å². The number of piperazine rings is 1. The molecule has 1 aromatic heterocycles. The molecular formula is C16H21N3OS. The molecule has 1 aromatic carbocycles. The Morgan fingerprint density at radius 2 is 1.86 bits per heavy atom. The Labute approximate surface area is 129 Å². The smallest absolute Gasteiger partial charge is 0.266 e. The monoisotopic (exact) mass is 303 g/mol. The van der Waals surface area contributed by atoms with Gasteiger partial charge in [0.1, 0.15) is 4.88 Å². The maximum Gasteiger partial charge on any atom is 0.266 e. The minimum atomic E-state index is 0.0807. The highest BCUT2D eigenvalue weighted by Gasteiger charge is 2.26. The first-order valence-corrected chi connectivity index (χ1v) is 8.20. The van der Waals surface area contributed by atoms with Crippen molar-refractivity contribution in [3.05, 3.63) is 29.1 Å². The summed E-state index contributed by atoms with van der Waals surface area (Å²) in [6.45, 7) is 7.83. The number of hydrogen-bond donors (Lipinski definition) is 1. The van der Waals surface area contributed by atoms with E-state index < -0.39 is 0 Å². The first-order valence-electron chi connectivity index (χ1n) is 7.38. The van der Waals surface area contributed by atoms with E-state index in [0.29, 0.717) is 16.6 Å². The quantitative estimate of drug-likeness (QED) is 0.928. The van der Waals surface area contributed by atoms with Gasteiger partial charge in [-0.3, -0.25) is 9.69 Å². The highest BCUT2D eigenvalue weighted by molar-refractivity contribution is 7.21. The van der Waals surface area contributed by atoms with E-state index in [2.05, 4.69) is 18.7 Å². The van der Waals surface area contributed by atoms with E-state index in [1.165, 1.54) is 11.3 Å². The molecule has 3 rings (SSSR count). The third-order valence-corrected chi connectivity index (χ3v) is 5.33. The van der Waals surface area contributed by atoms with E-state index in [9.17, 15) is 4.79 Å². The predicted molar refractivity (Wildman–Crippen MR) is 88.8 cm³/mol. The largest absolute Gasteiger partial charge is 0.397 e. The number of fused-ring (bicyclic) bond motifs is 1. The van der Waals surface area contributed by atoms with Gasteiger partial charge in [0.2, 0.25) is 0 Å². The molecular weight excluding hydrogens is 282 g/mol. The molecule has 1 saturated heterocycles. The zero-order chi connectivity index (χ0) is 15.0. The lowest BCUT2D eigenvalue weighted by molar-refractivity contribution is 0.0601. The Hall–Kier alpha value is -1.59. The van der Waals surface area contributed by atoms with Crippen LogP contribution in [-0.4, -0.2) is 47.9 Å². The number of nitrogens with zero attached hydrogens (tertiary/aromatic N) is 2. The third kappa shape index (κ3) is 2.63. The van der Waals surface area contributed by atoms with Crippen molar-refractivity contribution >= 4 is 33.0 Å². The molecule has 1 aliphatic rings. The van der Waals surface area contributed by atoms with Gasteiger partial charge in [0.25, 0.3) is 5.91 Å². The van der Waals surface area contributed by atoms with E-state index in [1.807, 2.05) is 29.2 Å². The summed E-state index contributed by atoms with van der Waals surface area (Å²) in [5.41, 5.74) is 6.81. The fourth-order valence-corrected chi connectivity index (χ4v) is 3.90. The fraction of sp³-hybridized carbons (Fsp3) is 0.438. The molecule has 0 radical (unpaired) electrons. The summed E-state index contributed by atoms with van der Waals surface area (Å²) in [5.74, 6) is 0.0807. The van der Waals surface area contributed by atoms with Crippen LogP contribution in [0.1, 0.15) is 23.5 Å². The second-order valence-corrected chi connectivity index (χ2v) is 6.82. The number of carbonyl (C=O) groups excluding carboxylic acids is 1. The maximum absolute atomic E-state index is 12.7. The molecule has 2 N–H and O–H groups in total. The molecule has 1 aliphatic heterocycles. The zero-order valence-corrected chi connectivity index (χ0v) is 13.3. The summed E-state index contributed by atoms with van der Waals surface area (Å²) in [4.78, 5) is 17.7. The molecule has 4 nitrogen and oxygen atoms in total. The fourth-order valence-electron chi connectivity index (χ4n) is 2.81. The molecule has 0 unspecified atom stereocenters. The zero-order valence-electron chi connectivity index (χ0n) is 12.5. The van der Waals surface area contributed by atoms with Gasteiger partial charge >= 0.3 is 0 Å². The Kier molecular flexibility index (Phi) is 3.87. The lowest BCUT2D eigenvalue weighted by Gasteiger charge is -2.36. The number of anilines is 1. The van der Waals surface area contributed by atoms with Crippen molar-refractivity contribution in [2.75, 3.05) is 31.9 Å². The van der Waals surface area contributed by atoms with Gasteiger partial charge in [0, 0.05) is 42.3 Å². The van der Waals surface area contributed by atoms with E-state index in [4.69, 9.17) is 5.73 Å². The maximum atomic E-state index is 12.7. The molecule has 1 amide bonds. The number of thiophene rings is 1. The summed E-state index contributed by atoms with van der Waals surface area (Å²) in [5, 5.41) is 0.992. The molecule has 1 fully saturated rings. The molecule has 0 atom stereocenters. The number of hydrogen-bond acceptors (Lipinski definition) is 4. The first kappa shape index (κ1) is 14.4. The van der Waals surface area contributed by atoms with Crippen LogP contribution in [0.15, 0.2) is 24.3 Å². The van der Waals surface area contributed by atoms with Gasteiger partial charge in [-0.2, -0.15) is 0 Å². The average Bonchev–Trinajstić information content (AvgIpc) is 2.84. The number of amides is 1. The molecule has 0 aliphatic carbocycles. The molecule has 5 heteroatoms. The normalized spacial score (nSPS) is 16.8. The molecule has 112 valence electrons. The highest BCUT2D eigenvalue weighted by atomic mass is 32.1.